The van der Waals surface area contributed by atoms with Crippen molar-refractivity contribution in [1.29, 1.82) is 0 Å². The van der Waals surface area contributed by atoms with Crippen LogP contribution >= 0.6 is 23.2 Å². The summed E-state index contributed by atoms with van der Waals surface area (Å²) < 4.78 is 5.83. The van der Waals surface area contributed by atoms with Crippen LogP contribution in [0.5, 0.6) is 5.75 Å². The summed E-state index contributed by atoms with van der Waals surface area (Å²) in [7, 11) is 0. The number of hydrogen-bond donors (Lipinski definition) is 1. The fourth-order valence-corrected chi connectivity index (χ4v) is 4.23. The third kappa shape index (κ3) is 6.17. The van der Waals surface area contributed by atoms with Gasteiger partial charge in [0.1, 0.15) is 11.8 Å². The summed E-state index contributed by atoms with van der Waals surface area (Å²) in [5, 5.41) is 3.94. The fourth-order valence-electron chi connectivity index (χ4n) is 3.91. The lowest BCUT2D eigenvalue weighted by Gasteiger charge is -2.30. The van der Waals surface area contributed by atoms with Crippen LogP contribution in [-0.2, 0) is 16.1 Å². The molecule has 1 atom stereocenters. The SMILES string of the molecule is Cc1cccc(OCC(=O)N(Cc2ccc(Cl)c(Cl)c2)C(C)C(=O)NC2CCCC2)c1C. The molecule has 1 unspecified atom stereocenters. The third-order valence-electron chi connectivity index (χ3n) is 6.11. The Morgan fingerprint density at radius 3 is 2.53 bits per heavy atom. The van der Waals surface area contributed by atoms with Gasteiger partial charge in [0.05, 0.1) is 10.0 Å². The van der Waals surface area contributed by atoms with Gasteiger partial charge in [-0.15, -0.1) is 0 Å². The van der Waals surface area contributed by atoms with Crippen LogP contribution in [0.15, 0.2) is 36.4 Å². The Hall–Kier alpha value is -2.24. The zero-order chi connectivity index (χ0) is 23.3. The summed E-state index contributed by atoms with van der Waals surface area (Å²) in [5.41, 5.74) is 2.87. The average molecular weight is 477 g/mol. The highest BCUT2D eigenvalue weighted by Crippen LogP contribution is 2.25. The van der Waals surface area contributed by atoms with Crippen molar-refractivity contribution in [2.75, 3.05) is 6.61 Å². The Morgan fingerprint density at radius 2 is 1.84 bits per heavy atom. The van der Waals surface area contributed by atoms with Crippen molar-refractivity contribution in [2.24, 2.45) is 0 Å². The molecule has 1 fully saturated rings. The van der Waals surface area contributed by atoms with Gasteiger partial charge in [0, 0.05) is 12.6 Å². The van der Waals surface area contributed by atoms with Gasteiger partial charge in [-0.1, -0.05) is 54.2 Å². The molecule has 172 valence electrons. The molecule has 3 rings (SSSR count). The van der Waals surface area contributed by atoms with Crippen molar-refractivity contribution in [3.63, 3.8) is 0 Å². The predicted octanol–water partition coefficient (Wildman–Crippen LogP) is 5.47. The molecule has 7 heteroatoms. The molecule has 5 nitrogen and oxygen atoms in total. The van der Waals surface area contributed by atoms with Gasteiger partial charge in [0.15, 0.2) is 6.61 Å². The summed E-state index contributed by atoms with van der Waals surface area (Å²) in [6.45, 7) is 5.77. The first-order valence-corrected chi connectivity index (χ1v) is 11.7. The predicted molar refractivity (Wildman–Crippen MR) is 128 cm³/mol. The normalized spacial score (nSPS) is 14.8. The number of benzene rings is 2. The van der Waals surface area contributed by atoms with E-state index >= 15 is 0 Å². The molecule has 2 aromatic rings. The number of nitrogens with one attached hydrogen (secondary N) is 1. The number of halogens is 2. The maximum atomic E-state index is 13.2. The van der Waals surface area contributed by atoms with E-state index in [1.54, 1.807) is 19.1 Å². The van der Waals surface area contributed by atoms with E-state index in [1.807, 2.05) is 38.1 Å². The summed E-state index contributed by atoms with van der Waals surface area (Å²) >= 11 is 12.2. The number of rotatable bonds is 8. The molecule has 32 heavy (non-hydrogen) atoms. The molecule has 0 aliphatic heterocycles. The Morgan fingerprint density at radius 1 is 1.12 bits per heavy atom. The first-order valence-electron chi connectivity index (χ1n) is 11.0. The van der Waals surface area contributed by atoms with Gasteiger partial charge >= 0.3 is 0 Å². The Labute approximate surface area is 200 Å². The standard InChI is InChI=1S/C25H30Cl2N2O3/c1-16-7-6-10-23(17(16)2)32-15-24(30)29(14-19-11-12-21(26)22(27)13-19)18(3)25(31)28-20-8-4-5-9-20/h6-7,10-13,18,20H,4-5,8-9,14-15H2,1-3H3,(H,28,31). The third-order valence-corrected chi connectivity index (χ3v) is 6.85. The van der Waals surface area contributed by atoms with Crippen LogP contribution in [0.25, 0.3) is 0 Å². The van der Waals surface area contributed by atoms with E-state index in [2.05, 4.69) is 5.32 Å². The van der Waals surface area contributed by atoms with Crippen LogP contribution in [0.3, 0.4) is 0 Å². The van der Waals surface area contributed by atoms with E-state index in [-0.39, 0.29) is 31.0 Å². The highest BCUT2D eigenvalue weighted by Gasteiger charge is 2.29. The van der Waals surface area contributed by atoms with Gasteiger partial charge < -0.3 is 15.0 Å². The topological polar surface area (TPSA) is 58.6 Å². The molecule has 1 N–H and O–H groups in total. The minimum atomic E-state index is -0.653. The van der Waals surface area contributed by atoms with E-state index in [1.165, 1.54) is 4.90 Å². The molecular formula is C25H30Cl2N2O3. The maximum absolute atomic E-state index is 13.2. The summed E-state index contributed by atoms with van der Waals surface area (Å²) in [4.78, 5) is 27.7. The number of carbonyl (C=O) groups is 2. The van der Waals surface area contributed by atoms with Gasteiger partial charge in [0.25, 0.3) is 5.91 Å². The summed E-state index contributed by atoms with van der Waals surface area (Å²) in [5.74, 6) is 0.235. The van der Waals surface area contributed by atoms with Crippen LogP contribution in [0.1, 0.15) is 49.3 Å². The Balaban J connectivity index is 1.76. The first-order chi connectivity index (χ1) is 15.3. The zero-order valence-electron chi connectivity index (χ0n) is 18.8. The monoisotopic (exact) mass is 476 g/mol. The van der Waals surface area contributed by atoms with Gasteiger partial charge in [-0.2, -0.15) is 0 Å². The average Bonchev–Trinajstić information content (AvgIpc) is 3.27. The van der Waals surface area contributed by atoms with E-state index in [0.717, 1.165) is 42.4 Å². The van der Waals surface area contributed by atoms with E-state index in [4.69, 9.17) is 27.9 Å². The second-order valence-electron chi connectivity index (χ2n) is 8.42. The summed E-state index contributed by atoms with van der Waals surface area (Å²) in [6.07, 6.45) is 4.20. The first kappa shape index (κ1) is 24.4. The minimum absolute atomic E-state index is 0.156. The van der Waals surface area contributed by atoms with Crippen molar-refractivity contribution < 1.29 is 14.3 Å². The largest absolute Gasteiger partial charge is 0.483 e. The Kier molecular flexibility index (Phi) is 8.44. The maximum Gasteiger partial charge on any atom is 0.261 e. The number of hydrogen-bond acceptors (Lipinski definition) is 3. The number of carbonyl (C=O) groups excluding carboxylic acids is 2. The minimum Gasteiger partial charge on any atom is -0.483 e. The van der Waals surface area contributed by atoms with Gasteiger partial charge in [-0.25, -0.2) is 0 Å². The molecule has 1 saturated carbocycles. The lowest BCUT2D eigenvalue weighted by molar-refractivity contribution is -0.142. The number of ether oxygens (including phenoxy) is 1. The van der Waals surface area contributed by atoms with Crippen LogP contribution in [0, 0.1) is 13.8 Å². The molecule has 0 bridgehead atoms. The van der Waals surface area contributed by atoms with Crippen molar-refractivity contribution in [3.05, 3.63) is 63.1 Å². The zero-order valence-corrected chi connectivity index (χ0v) is 20.3. The quantitative estimate of drug-likeness (QED) is 0.549. The van der Waals surface area contributed by atoms with Gasteiger partial charge in [-0.05, 0) is 68.5 Å². The second-order valence-corrected chi connectivity index (χ2v) is 9.24. The molecule has 2 aromatic carbocycles. The molecule has 0 spiro atoms. The number of amides is 2. The van der Waals surface area contributed by atoms with Crippen molar-refractivity contribution in [2.45, 2.75) is 65.1 Å². The van der Waals surface area contributed by atoms with E-state index < -0.39 is 6.04 Å². The lowest BCUT2D eigenvalue weighted by atomic mass is 10.1. The highest BCUT2D eigenvalue weighted by atomic mass is 35.5. The highest BCUT2D eigenvalue weighted by molar-refractivity contribution is 6.42. The Bertz CT molecular complexity index is 974. The van der Waals surface area contributed by atoms with Gasteiger partial charge in [0.2, 0.25) is 5.91 Å². The van der Waals surface area contributed by atoms with Crippen LogP contribution in [0.2, 0.25) is 10.0 Å². The second kappa shape index (κ2) is 11.1. The molecule has 0 saturated heterocycles. The molecule has 2 amide bonds. The van der Waals surface area contributed by atoms with Crippen molar-refractivity contribution >= 4 is 35.0 Å². The van der Waals surface area contributed by atoms with Gasteiger partial charge in [-0.3, -0.25) is 9.59 Å². The molecule has 0 heterocycles. The van der Waals surface area contributed by atoms with Crippen LogP contribution in [-0.4, -0.2) is 35.4 Å². The molecule has 1 aliphatic carbocycles. The van der Waals surface area contributed by atoms with Crippen LogP contribution in [0.4, 0.5) is 0 Å². The van der Waals surface area contributed by atoms with Crippen LogP contribution < -0.4 is 10.1 Å². The summed E-state index contributed by atoms with van der Waals surface area (Å²) in [6, 6.07) is 10.5. The van der Waals surface area contributed by atoms with Crippen molar-refractivity contribution in [3.8, 4) is 5.75 Å². The smallest absolute Gasteiger partial charge is 0.261 e. The van der Waals surface area contributed by atoms with E-state index in [0.29, 0.717) is 15.8 Å². The fraction of sp³-hybridized carbons (Fsp3) is 0.440. The van der Waals surface area contributed by atoms with Crippen molar-refractivity contribution in [1.82, 2.24) is 10.2 Å². The van der Waals surface area contributed by atoms with E-state index in [9.17, 15) is 9.59 Å². The lowest BCUT2D eigenvalue weighted by Crippen LogP contribution is -2.50. The molecule has 1 aliphatic rings. The molecular weight excluding hydrogens is 447 g/mol. The number of aryl methyl sites for hydroxylation is 1. The molecule has 0 radical (unpaired) electrons. The number of nitrogens with zero attached hydrogens (tertiary/aromatic N) is 1. The molecule has 0 aromatic heterocycles.